The van der Waals surface area contributed by atoms with Crippen LogP contribution in [0.2, 0.25) is 0 Å². The van der Waals surface area contributed by atoms with E-state index in [1.807, 2.05) is 18.5 Å². The Morgan fingerprint density at radius 2 is 1.77 bits per heavy atom. The van der Waals surface area contributed by atoms with Crippen molar-refractivity contribution in [2.24, 2.45) is 0 Å². The lowest BCUT2D eigenvalue weighted by Gasteiger charge is -2.27. The van der Waals surface area contributed by atoms with Crippen LogP contribution in [0.5, 0.6) is 0 Å². The van der Waals surface area contributed by atoms with Crippen molar-refractivity contribution in [3.05, 3.63) is 101 Å². The summed E-state index contributed by atoms with van der Waals surface area (Å²) in [5.74, 6) is -0.616. The van der Waals surface area contributed by atoms with Crippen LogP contribution in [-0.2, 0) is 16.0 Å². The third-order valence-electron chi connectivity index (χ3n) is 7.45. The van der Waals surface area contributed by atoms with E-state index in [0.29, 0.717) is 11.1 Å². The Balaban J connectivity index is 1.43. The molecule has 35 heavy (non-hydrogen) atoms. The van der Waals surface area contributed by atoms with Crippen molar-refractivity contribution >= 4 is 39.2 Å². The average molecular weight is 458 g/mol. The monoisotopic (exact) mass is 457 g/mol. The maximum Gasteiger partial charge on any atom is 0.259 e. The fraction of sp³-hybridized carbons (Fsp3) is 0.133. The molecule has 0 spiro atoms. The molecule has 0 radical (unpaired) electrons. The van der Waals surface area contributed by atoms with Crippen LogP contribution >= 0.6 is 0 Å². The number of nitrogens with one attached hydrogen (secondary N) is 2. The molecule has 2 aliphatic rings. The second-order valence-corrected chi connectivity index (χ2v) is 9.54. The molecule has 2 aromatic heterocycles. The second-order valence-electron chi connectivity index (χ2n) is 9.54. The molecule has 2 amide bonds. The number of nitrogens with zero attached hydrogens (tertiary/aromatic N) is 1. The van der Waals surface area contributed by atoms with E-state index in [2.05, 4.69) is 82.5 Å². The van der Waals surface area contributed by atoms with E-state index >= 15 is 0 Å². The Morgan fingerprint density at radius 3 is 2.66 bits per heavy atom. The summed E-state index contributed by atoms with van der Waals surface area (Å²) in [5, 5.41) is 4.69. The standard InChI is InChI=1S/C30H23N3O2/c1-17-4-2-7-20(14-17)21-8-10-24-22(15-21)23(16-31-24)26-27(30(35)32-29(26)34)25-11-9-18-5-3-6-19-12-13-33(25)28(18)19/h2-8,10,12-16,25,31H,9,11H2,1H3,(H,32,34,35). The van der Waals surface area contributed by atoms with Gasteiger partial charge >= 0.3 is 0 Å². The minimum atomic E-state index is -0.325. The number of H-pyrrole nitrogens is 1. The lowest BCUT2D eigenvalue weighted by atomic mass is 9.89. The molecule has 1 atom stereocenters. The molecule has 0 fully saturated rings. The number of aromatic amines is 1. The number of rotatable bonds is 3. The van der Waals surface area contributed by atoms with Gasteiger partial charge in [-0.05, 0) is 60.0 Å². The highest BCUT2D eigenvalue weighted by molar-refractivity contribution is 6.37. The van der Waals surface area contributed by atoms with Crippen LogP contribution in [0.1, 0.15) is 29.2 Å². The maximum absolute atomic E-state index is 13.2. The van der Waals surface area contributed by atoms with Crippen LogP contribution in [0.25, 0.3) is 38.5 Å². The van der Waals surface area contributed by atoms with Gasteiger partial charge in [-0.25, -0.2) is 0 Å². The average Bonchev–Trinajstić information content (AvgIpc) is 3.55. The third kappa shape index (κ3) is 2.94. The van der Waals surface area contributed by atoms with Gasteiger partial charge in [-0.1, -0.05) is 54.1 Å². The molecule has 4 heterocycles. The molecule has 7 rings (SSSR count). The highest BCUT2D eigenvalue weighted by atomic mass is 16.2. The van der Waals surface area contributed by atoms with E-state index in [1.54, 1.807) is 0 Å². The Hall–Kier alpha value is -4.38. The van der Waals surface area contributed by atoms with E-state index in [0.717, 1.165) is 51.3 Å². The molecule has 0 saturated heterocycles. The predicted molar refractivity (Wildman–Crippen MR) is 138 cm³/mol. The van der Waals surface area contributed by atoms with E-state index in [9.17, 15) is 9.59 Å². The zero-order valence-electron chi connectivity index (χ0n) is 19.3. The molecule has 1 unspecified atom stereocenters. The molecule has 0 aliphatic carbocycles. The smallest absolute Gasteiger partial charge is 0.259 e. The molecule has 5 nitrogen and oxygen atoms in total. The quantitative estimate of drug-likeness (QED) is 0.342. The summed E-state index contributed by atoms with van der Waals surface area (Å²) in [4.78, 5) is 29.7. The Morgan fingerprint density at radius 1 is 0.914 bits per heavy atom. The summed E-state index contributed by atoms with van der Waals surface area (Å²) in [7, 11) is 0. The lowest BCUT2D eigenvalue weighted by molar-refractivity contribution is -0.123. The molecular formula is C30H23N3O2. The van der Waals surface area contributed by atoms with Gasteiger partial charge in [-0.2, -0.15) is 0 Å². The number of amides is 2. The first-order valence-electron chi connectivity index (χ1n) is 12.0. The Kier molecular flexibility index (Phi) is 4.18. The number of carbonyl (C=O) groups is 2. The number of hydrogen-bond acceptors (Lipinski definition) is 2. The van der Waals surface area contributed by atoms with Crippen molar-refractivity contribution in [3.63, 3.8) is 0 Å². The van der Waals surface area contributed by atoms with Crippen molar-refractivity contribution < 1.29 is 9.59 Å². The largest absolute Gasteiger partial charge is 0.361 e. The number of hydrogen-bond donors (Lipinski definition) is 2. The number of imide groups is 1. The first kappa shape index (κ1) is 20.0. The van der Waals surface area contributed by atoms with Gasteiger partial charge in [0.25, 0.3) is 11.8 Å². The first-order chi connectivity index (χ1) is 17.1. The van der Waals surface area contributed by atoms with Gasteiger partial charge in [0.05, 0.1) is 22.7 Å². The zero-order chi connectivity index (χ0) is 23.7. The molecule has 3 aromatic carbocycles. The highest BCUT2D eigenvalue weighted by Gasteiger charge is 2.39. The van der Waals surface area contributed by atoms with Crippen LogP contribution in [0.15, 0.2) is 84.7 Å². The molecule has 5 aromatic rings. The summed E-state index contributed by atoms with van der Waals surface area (Å²) in [5.41, 5.74) is 8.58. The number of para-hydroxylation sites is 1. The van der Waals surface area contributed by atoms with Gasteiger partial charge in [-0.15, -0.1) is 0 Å². The summed E-state index contributed by atoms with van der Waals surface area (Å²) < 4.78 is 2.18. The molecular weight excluding hydrogens is 434 g/mol. The zero-order valence-corrected chi connectivity index (χ0v) is 19.3. The highest BCUT2D eigenvalue weighted by Crippen LogP contribution is 2.42. The number of aromatic nitrogens is 2. The normalized spacial score (nSPS) is 17.6. The summed E-state index contributed by atoms with van der Waals surface area (Å²) in [6.07, 6.45) is 5.55. The second kappa shape index (κ2) is 7.31. The van der Waals surface area contributed by atoms with Gasteiger partial charge in [-0.3, -0.25) is 14.9 Å². The van der Waals surface area contributed by atoms with Crippen molar-refractivity contribution in [1.82, 2.24) is 14.9 Å². The number of benzene rings is 3. The van der Waals surface area contributed by atoms with Crippen molar-refractivity contribution in [3.8, 4) is 11.1 Å². The summed E-state index contributed by atoms with van der Waals surface area (Å²) in [6, 6.07) is 22.8. The van der Waals surface area contributed by atoms with Crippen LogP contribution in [-0.4, -0.2) is 21.4 Å². The molecule has 5 heteroatoms. The van der Waals surface area contributed by atoms with Crippen molar-refractivity contribution in [1.29, 1.82) is 0 Å². The fourth-order valence-electron chi connectivity index (χ4n) is 5.86. The van der Waals surface area contributed by atoms with Gasteiger partial charge in [0.2, 0.25) is 0 Å². The van der Waals surface area contributed by atoms with E-state index in [1.165, 1.54) is 11.1 Å². The minimum Gasteiger partial charge on any atom is -0.361 e. The van der Waals surface area contributed by atoms with Gasteiger partial charge in [0.15, 0.2) is 0 Å². The molecule has 170 valence electrons. The molecule has 2 N–H and O–H groups in total. The van der Waals surface area contributed by atoms with Crippen LogP contribution < -0.4 is 5.32 Å². The van der Waals surface area contributed by atoms with Gasteiger partial charge < -0.3 is 9.55 Å². The molecule has 0 saturated carbocycles. The number of aryl methyl sites for hydroxylation is 2. The van der Waals surface area contributed by atoms with E-state index in [-0.39, 0.29) is 17.9 Å². The van der Waals surface area contributed by atoms with Crippen molar-refractivity contribution in [2.75, 3.05) is 0 Å². The number of fused-ring (bicyclic) bond motifs is 1. The Bertz CT molecular complexity index is 1730. The molecule has 2 aliphatic heterocycles. The third-order valence-corrected chi connectivity index (χ3v) is 7.45. The maximum atomic E-state index is 13.2. The fourth-order valence-corrected chi connectivity index (χ4v) is 5.86. The topological polar surface area (TPSA) is 66.9 Å². The summed E-state index contributed by atoms with van der Waals surface area (Å²) in [6.45, 7) is 2.08. The van der Waals surface area contributed by atoms with Crippen LogP contribution in [0.4, 0.5) is 0 Å². The lowest BCUT2D eigenvalue weighted by Crippen LogP contribution is -2.26. The van der Waals surface area contributed by atoms with E-state index < -0.39 is 0 Å². The molecule has 0 bridgehead atoms. The van der Waals surface area contributed by atoms with Crippen molar-refractivity contribution in [2.45, 2.75) is 25.8 Å². The predicted octanol–water partition coefficient (Wildman–Crippen LogP) is 5.70. The number of carbonyl (C=O) groups excluding carboxylic acids is 2. The first-order valence-corrected chi connectivity index (χ1v) is 12.0. The van der Waals surface area contributed by atoms with Crippen LogP contribution in [0.3, 0.4) is 0 Å². The van der Waals surface area contributed by atoms with E-state index in [4.69, 9.17) is 0 Å². The minimum absolute atomic E-state index is 0.186. The Labute approximate surface area is 202 Å². The van der Waals surface area contributed by atoms with Gasteiger partial charge in [0, 0.05) is 28.9 Å². The summed E-state index contributed by atoms with van der Waals surface area (Å²) >= 11 is 0. The SMILES string of the molecule is Cc1cccc(-c2ccc3[nH]cc(C4=C(C5CCc6cccc7ccn5c67)C(=O)NC4=O)c3c2)c1. The van der Waals surface area contributed by atoms with Crippen LogP contribution in [0, 0.1) is 6.92 Å². The van der Waals surface area contributed by atoms with Gasteiger partial charge in [0.1, 0.15) is 0 Å².